The van der Waals surface area contributed by atoms with Crippen molar-refractivity contribution in [3.8, 4) is 0 Å². The number of nitrogens with one attached hydrogen (secondary N) is 1. The van der Waals surface area contributed by atoms with E-state index in [1.54, 1.807) is 23.9 Å². The Bertz CT molecular complexity index is 799. The first-order valence-corrected chi connectivity index (χ1v) is 11.9. The summed E-state index contributed by atoms with van der Waals surface area (Å²) in [5.74, 6) is 0.270. The highest BCUT2D eigenvalue weighted by Crippen LogP contribution is 2.42. The normalized spacial score (nSPS) is 24.3. The van der Waals surface area contributed by atoms with Crippen molar-refractivity contribution in [3.05, 3.63) is 18.2 Å². The SMILES string of the molecule is C[C@H]1CN(C(=O)C2CC2)c2cc(S(=O)(=O)NC3CCCCC3)ccc2S1. The third-order valence-corrected chi connectivity index (χ3v) is 8.09. The average molecular weight is 395 g/mol. The molecule has 1 heterocycles. The lowest BCUT2D eigenvalue weighted by atomic mass is 9.96. The maximum Gasteiger partial charge on any atom is 0.240 e. The van der Waals surface area contributed by atoms with Crippen molar-refractivity contribution in [2.75, 3.05) is 11.4 Å². The Kier molecular flexibility index (Phi) is 5.05. The minimum Gasteiger partial charge on any atom is -0.310 e. The topological polar surface area (TPSA) is 66.5 Å². The van der Waals surface area contributed by atoms with Gasteiger partial charge in [-0.15, -0.1) is 11.8 Å². The highest BCUT2D eigenvalue weighted by Gasteiger charge is 2.37. The first-order chi connectivity index (χ1) is 12.4. The summed E-state index contributed by atoms with van der Waals surface area (Å²) >= 11 is 1.71. The fourth-order valence-electron chi connectivity index (χ4n) is 3.85. The number of benzene rings is 1. The molecule has 0 radical (unpaired) electrons. The summed E-state index contributed by atoms with van der Waals surface area (Å²) in [6.45, 7) is 2.75. The fraction of sp³-hybridized carbons (Fsp3) is 0.632. The molecule has 1 aliphatic heterocycles. The molecule has 142 valence electrons. The summed E-state index contributed by atoms with van der Waals surface area (Å²) < 4.78 is 28.6. The largest absolute Gasteiger partial charge is 0.310 e. The van der Waals surface area contributed by atoms with Crippen LogP contribution in [0, 0.1) is 5.92 Å². The lowest BCUT2D eigenvalue weighted by molar-refractivity contribution is -0.119. The van der Waals surface area contributed by atoms with Crippen LogP contribution in [0.1, 0.15) is 51.9 Å². The number of carbonyl (C=O) groups excluding carboxylic acids is 1. The first-order valence-electron chi connectivity index (χ1n) is 9.58. The van der Waals surface area contributed by atoms with E-state index >= 15 is 0 Å². The Hall–Kier alpha value is -1.05. The summed E-state index contributed by atoms with van der Waals surface area (Å²) in [5, 5.41) is 0.313. The molecule has 0 spiro atoms. The Morgan fingerprint density at radius 2 is 1.88 bits per heavy atom. The van der Waals surface area contributed by atoms with Crippen LogP contribution >= 0.6 is 11.8 Å². The van der Waals surface area contributed by atoms with Gasteiger partial charge in [-0.05, 0) is 43.9 Å². The van der Waals surface area contributed by atoms with E-state index in [9.17, 15) is 13.2 Å². The number of carbonyl (C=O) groups is 1. The van der Waals surface area contributed by atoms with E-state index in [-0.39, 0.29) is 22.8 Å². The van der Waals surface area contributed by atoms with Crippen LogP contribution in [0.4, 0.5) is 5.69 Å². The zero-order chi connectivity index (χ0) is 18.3. The highest BCUT2D eigenvalue weighted by molar-refractivity contribution is 8.00. The Labute approximate surface area is 160 Å². The van der Waals surface area contributed by atoms with Gasteiger partial charge in [0.15, 0.2) is 0 Å². The number of rotatable bonds is 4. The van der Waals surface area contributed by atoms with Crippen molar-refractivity contribution >= 4 is 33.4 Å². The molecule has 26 heavy (non-hydrogen) atoms. The minimum atomic E-state index is -3.56. The van der Waals surface area contributed by atoms with Gasteiger partial charge >= 0.3 is 0 Å². The molecule has 1 atom stereocenters. The molecule has 0 saturated heterocycles. The molecular weight excluding hydrogens is 368 g/mol. The molecule has 7 heteroatoms. The maximum absolute atomic E-state index is 12.9. The second kappa shape index (κ2) is 7.17. The zero-order valence-corrected chi connectivity index (χ0v) is 16.7. The predicted octanol–water partition coefficient (Wildman–Crippen LogP) is 3.53. The molecule has 0 unspecified atom stereocenters. The van der Waals surface area contributed by atoms with Gasteiger partial charge in [-0.1, -0.05) is 26.2 Å². The summed E-state index contributed by atoms with van der Waals surface area (Å²) in [4.78, 5) is 15.8. The third-order valence-electron chi connectivity index (χ3n) is 5.42. The first kappa shape index (κ1) is 18.3. The Morgan fingerprint density at radius 1 is 1.15 bits per heavy atom. The van der Waals surface area contributed by atoms with Crippen molar-refractivity contribution in [2.24, 2.45) is 5.92 Å². The number of hydrogen-bond acceptors (Lipinski definition) is 4. The fourth-order valence-corrected chi connectivity index (χ4v) is 6.27. The average Bonchev–Trinajstić information content (AvgIpc) is 3.45. The molecule has 1 amide bonds. The predicted molar refractivity (Wildman–Crippen MR) is 104 cm³/mol. The van der Waals surface area contributed by atoms with Gasteiger partial charge in [-0.25, -0.2) is 13.1 Å². The zero-order valence-electron chi connectivity index (χ0n) is 15.1. The standard InChI is InChI=1S/C19H26N2O3S2/c1-13-12-21(19(22)14-7-8-14)17-11-16(9-10-18(17)25-13)26(23,24)20-15-5-3-2-4-6-15/h9-11,13-15,20H,2-8,12H2,1H3/t13-/m0/s1. The van der Waals surface area contributed by atoms with Crippen LogP contribution < -0.4 is 9.62 Å². The van der Waals surface area contributed by atoms with Gasteiger partial charge in [0.2, 0.25) is 15.9 Å². The molecule has 2 saturated carbocycles. The van der Waals surface area contributed by atoms with Gasteiger partial charge in [0, 0.05) is 28.6 Å². The van der Waals surface area contributed by atoms with Crippen molar-refractivity contribution in [1.29, 1.82) is 0 Å². The molecule has 5 nitrogen and oxygen atoms in total. The molecule has 2 fully saturated rings. The lowest BCUT2D eigenvalue weighted by Crippen LogP contribution is -2.40. The molecule has 0 bridgehead atoms. The van der Waals surface area contributed by atoms with Gasteiger partial charge in [0.25, 0.3) is 0 Å². The van der Waals surface area contributed by atoms with Crippen molar-refractivity contribution in [3.63, 3.8) is 0 Å². The molecule has 0 aromatic heterocycles. The number of amides is 1. The Morgan fingerprint density at radius 3 is 2.58 bits per heavy atom. The van der Waals surface area contributed by atoms with E-state index < -0.39 is 10.0 Å². The number of fused-ring (bicyclic) bond motifs is 1. The number of hydrogen-bond donors (Lipinski definition) is 1. The second-order valence-electron chi connectivity index (χ2n) is 7.74. The van der Waals surface area contributed by atoms with Crippen LogP contribution in [-0.4, -0.2) is 32.2 Å². The van der Waals surface area contributed by atoms with E-state index in [4.69, 9.17) is 0 Å². The van der Waals surface area contributed by atoms with E-state index in [0.717, 1.165) is 49.1 Å². The molecular formula is C19H26N2O3S2. The Balaban J connectivity index is 1.62. The summed E-state index contributed by atoms with van der Waals surface area (Å²) in [6, 6.07) is 5.26. The van der Waals surface area contributed by atoms with Gasteiger partial charge in [0.1, 0.15) is 0 Å². The van der Waals surface area contributed by atoms with Gasteiger partial charge < -0.3 is 4.90 Å². The minimum absolute atomic E-state index is 0.0309. The van der Waals surface area contributed by atoms with E-state index in [0.29, 0.717) is 11.8 Å². The molecule has 1 aromatic rings. The summed E-state index contributed by atoms with van der Waals surface area (Å²) in [7, 11) is -3.56. The van der Waals surface area contributed by atoms with E-state index in [1.165, 1.54) is 6.42 Å². The van der Waals surface area contributed by atoms with E-state index in [2.05, 4.69) is 11.6 Å². The smallest absolute Gasteiger partial charge is 0.240 e. The van der Waals surface area contributed by atoms with Crippen molar-refractivity contribution in [1.82, 2.24) is 4.72 Å². The molecule has 1 N–H and O–H groups in total. The molecule has 1 aromatic carbocycles. The van der Waals surface area contributed by atoms with Crippen LogP contribution in [0.5, 0.6) is 0 Å². The molecule has 4 rings (SSSR count). The van der Waals surface area contributed by atoms with Crippen molar-refractivity contribution < 1.29 is 13.2 Å². The highest BCUT2D eigenvalue weighted by atomic mass is 32.2. The van der Waals surface area contributed by atoms with Crippen LogP contribution in [0.3, 0.4) is 0 Å². The van der Waals surface area contributed by atoms with Gasteiger partial charge in [0.05, 0.1) is 10.6 Å². The van der Waals surface area contributed by atoms with Gasteiger partial charge in [-0.3, -0.25) is 4.79 Å². The van der Waals surface area contributed by atoms with E-state index in [1.807, 2.05) is 11.0 Å². The number of thioether (sulfide) groups is 1. The summed E-state index contributed by atoms with van der Waals surface area (Å²) in [6.07, 6.45) is 7.06. The number of sulfonamides is 1. The molecule has 3 aliphatic rings. The van der Waals surface area contributed by atoms with Gasteiger partial charge in [-0.2, -0.15) is 0 Å². The maximum atomic E-state index is 12.9. The van der Waals surface area contributed by atoms with Crippen molar-refractivity contribution in [2.45, 2.75) is 73.0 Å². The van der Waals surface area contributed by atoms with Crippen LogP contribution in [-0.2, 0) is 14.8 Å². The second-order valence-corrected chi connectivity index (χ2v) is 10.9. The molecule has 2 aliphatic carbocycles. The van der Waals surface area contributed by atoms with Crippen LogP contribution in [0.15, 0.2) is 28.0 Å². The quantitative estimate of drug-likeness (QED) is 0.848. The van der Waals surface area contributed by atoms with Crippen LogP contribution in [0.25, 0.3) is 0 Å². The lowest BCUT2D eigenvalue weighted by Gasteiger charge is -2.33. The third kappa shape index (κ3) is 3.80. The van der Waals surface area contributed by atoms with Crippen LogP contribution in [0.2, 0.25) is 0 Å². The number of nitrogens with zero attached hydrogens (tertiary/aromatic N) is 1. The summed E-state index contributed by atoms with van der Waals surface area (Å²) in [5.41, 5.74) is 0.761. The number of anilines is 1. The monoisotopic (exact) mass is 394 g/mol.